The first kappa shape index (κ1) is 17.4. The van der Waals surface area contributed by atoms with E-state index >= 15 is 0 Å². The van der Waals surface area contributed by atoms with E-state index in [4.69, 9.17) is 5.73 Å². The number of primary amides is 1. The molecule has 0 aliphatic carbocycles. The van der Waals surface area contributed by atoms with Crippen LogP contribution in [0.15, 0.2) is 42.5 Å². The maximum Gasteiger partial charge on any atom is 0.248 e. The Hall–Kier alpha value is -0.960. The monoisotopic (exact) mass is 279 g/mol. The maximum atomic E-state index is 10.9. The number of carbonyl (C=O) groups excluding carboxylic acids is 1. The first-order valence-electron chi connectivity index (χ1n) is 4.06. The van der Waals surface area contributed by atoms with Crippen LogP contribution in [0, 0.1) is 0 Å². The van der Waals surface area contributed by atoms with Crippen LogP contribution in [0.1, 0.15) is 10.4 Å². The van der Waals surface area contributed by atoms with E-state index in [-0.39, 0.29) is 43.1 Å². The molecule has 0 atom stereocenters. The Bertz CT molecular complexity index is 473. The number of hydrogen-bond donors (Lipinski definition) is 1. The van der Waals surface area contributed by atoms with Gasteiger partial charge in [0.1, 0.15) is 0 Å². The van der Waals surface area contributed by atoms with E-state index in [0.29, 0.717) is 5.56 Å². The molecule has 0 spiro atoms. The SMILES string of the molecule is Cl.Cl.Cl.NC(=O)c1ccc2ccccc2c1. The van der Waals surface area contributed by atoms with Gasteiger partial charge in [0.15, 0.2) is 0 Å². The zero-order chi connectivity index (χ0) is 9.26. The van der Waals surface area contributed by atoms with Crippen LogP contribution in [0.5, 0.6) is 0 Å². The molecule has 2 rings (SSSR count). The summed E-state index contributed by atoms with van der Waals surface area (Å²) >= 11 is 0. The molecular weight excluding hydrogens is 268 g/mol. The van der Waals surface area contributed by atoms with Crippen LogP contribution in [0.4, 0.5) is 0 Å². The highest BCUT2D eigenvalue weighted by molar-refractivity contribution is 5.97. The fourth-order valence-electron chi connectivity index (χ4n) is 1.34. The van der Waals surface area contributed by atoms with Gasteiger partial charge >= 0.3 is 0 Å². The van der Waals surface area contributed by atoms with Crippen molar-refractivity contribution in [3.8, 4) is 0 Å². The fourth-order valence-corrected chi connectivity index (χ4v) is 1.34. The first-order valence-corrected chi connectivity index (χ1v) is 4.06. The van der Waals surface area contributed by atoms with Crippen LogP contribution in [-0.4, -0.2) is 5.91 Å². The van der Waals surface area contributed by atoms with Crippen molar-refractivity contribution in [3.05, 3.63) is 48.0 Å². The number of carbonyl (C=O) groups is 1. The van der Waals surface area contributed by atoms with Crippen molar-refractivity contribution in [1.29, 1.82) is 0 Å². The van der Waals surface area contributed by atoms with Gasteiger partial charge in [-0.05, 0) is 22.9 Å². The molecule has 88 valence electrons. The number of amides is 1. The van der Waals surface area contributed by atoms with Gasteiger partial charge in [0.2, 0.25) is 5.91 Å². The van der Waals surface area contributed by atoms with E-state index in [1.165, 1.54) is 0 Å². The fraction of sp³-hybridized carbons (Fsp3) is 0. The molecule has 0 aliphatic heterocycles. The molecule has 2 aromatic carbocycles. The Morgan fingerprint density at radius 3 is 2.00 bits per heavy atom. The van der Waals surface area contributed by atoms with Crippen LogP contribution in [0.25, 0.3) is 10.8 Å². The van der Waals surface area contributed by atoms with Crippen molar-refractivity contribution in [1.82, 2.24) is 0 Å². The number of hydrogen-bond acceptors (Lipinski definition) is 1. The van der Waals surface area contributed by atoms with Gasteiger partial charge in [-0.15, -0.1) is 37.2 Å². The Labute approximate surface area is 112 Å². The number of halogens is 3. The van der Waals surface area contributed by atoms with Crippen molar-refractivity contribution >= 4 is 53.9 Å². The quantitative estimate of drug-likeness (QED) is 0.856. The topological polar surface area (TPSA) is 43.1 Å². The zero-order valence-corrected chi connectivity index (χ0v) is 10.7. The highest BCUT2D eigenvalue weighted by Crippen LogP contribution is 2.14. The Kier molecular flexibility index (Phi) is 7.99. The summed E-state index contributed by atoms with van der Waals surface area (Å²) in [6, 6.07) is 13.3. The third-order valence-corrected chi connectivity index (χ3v) is 2.03. The van der Waals surface area contributed by atoms with E-state index in [9.17, 15) is 4.79 Å². The van der Waals surface area contributed by atoms with Crippen LogP contribution >= 0.6 is 37.2 Å². The second-order valence-electron chi connectivity index (χ2n) is 2.93. The molecule has 2 aromatic rings. The predicted octanol–water partition coefficient (Wildman–Crippen LogP) is 3.20. The summed E-state index contributed by atoms with van der Waals surface area (Å²) in [7, 11) is 0. The third-order valence-electron chi connectivity index (χ3n) is 2.03. The minimum absolute atomic E-state index is 0. The molecule has 0 saturated carbocycles. The van der Waals surface area contributed by atoms with Crippen LogP contribution < -0.4 is 5.73 Å². The second kappa shape index (κ2) is 7.34. The van der Waals surface area contributed by atoms with Gasteiger partial charge in [-0.3, -0.25) is 4.79 Å². The number of rotatable bonds is 1. The smallest absolute Gasteiger partial charge is 0.248 e. The number of fused-ring (bicyclic) bond motifs is 1. The van der Waals surface area contributed by atoms with Gasteiger partial charge in [-0.2, -0.15) is 0 Å². The summed E-state index contributed by atoms with van der Waals surface area (Å²) < 4.78 is 0. The molecular formula is C11H12Cl3NO. The summed E-state index contributed by atoms with van der Waals surface area (Å²) in [5, 5.41) is 2.16. The first-order chi connectivity index (χ1) is 6.27. The van der Waals surface area contributed by atoms with E-state index in [1.54, 1.807) is 12.1 Å². The summed E-state index contributed by atoms with van der Waals surface area (Å²) in [5.41, 5.74) is 5.72. The molecule has 0 bridgehead atoms. The Balaban J connectivity index is 0. The molecule has 0 fully saturated rings. The number of benzene rings is 2. The van der Waals surface area contributed by atoms with Gasteiger partial charge in [0.05, 0.1) is 0 Å². The van der Waals surface area contributed by atoms with Gasteiger partial charge in [0, 0.05) is 5.56 Å². The number of nitrogens with two attached hydrogens (primary N) is 1. The molecule has 0 aliphatic rings. The minimum atomic E-state index is -0.384. The van der Waals surface area contributed by atoms with Gasteiger partial charge in [-0.1, -0.05) is 30.3 Å². The summed E-state index contributed by atoms with van der Waals surface area (Å²) in [5.74, 6) is -0.384. The lowest BCUT2D eigenvalue weighted by Gasteiger charge is -1.98. The van der Waals surface area contributed by atoms with Crippen molar-refractivity contribution in [2.24, 2.45) is 5.73 Å². The third kappa shape index (κ3) is 3.56. The maximum absolute atomic E-state index is 10.9. The molecule has 0 aromatic heterocycles. The van der Waals surface area contributed by atoms with Crippen LogP contribution in [0.2, 0.25) is 0 Å². The summed E-state index contributed by atoms with van der Waals surface area (Å²) in [4.78, 5) is 10.9. The second-order valence-corrected chi connectivity index (χ2v) is 2.93. The van der Waals surface area contributed by atoms with Gasteiger partial charge in [0.25, 0.3) is 0 Å². The minimum Gasteiger partial charge on any atom is -0.366 e. The lowest BCUT2D eigenvalue weighted by atomic mass is 10.1. The highest BCUT2D eigenvalue weighted by atomic mass is 35.5. The van der Waals surface area contributed by atoms with Gasteiger partial charge < -0.3 is 5.73 Å². The van der Waals surface area contributed by atoms with Crippen LogP contribution in [-0.2, 0) is 0 Å². The lowest BCUT2D eigenvalue weighted by molar-refractivity contribution is 0.100. The largest absolute Gasteiger partial charge is 0.366 e. The molecule has 2 N–H and O–H groups in total. The van der Waals surface area contributed by atoms with E-state index in [2.05, 4.69) is 0 Å². The average molecular weight is 281 g/mol. The molecule has 2 nitrogen and oxygen atoms in total. The molecule has 0 unspecified atom stereocenters. The average Bonchev–Trinajstić information content (AvgIpc) is 2.17. The van der Waals surface area contributed by atoms with E-state index in [0.717, 1.165) is 10.8 Å². The van der Waals surface area contributed by atoms with Crippen molar-refractivity contribution < 1.29 is 4.79 Å². The molecule has 16 heavy (non-hydrogen) atoms. The van der Waals surface area contributed by atoms with Crippen LogP contribution in [0.3, 0.4) is 0 Å². The molecule has 0 heterocycles. The van der Waals surface area contributed by atoms with Crippen molar-refractivity contribution in [2.75, 3.05) is 0 Å². The zero-order valence-electron chi connectivity index (χ0n) is 8.25. The van der Waals surface area contributed by atoms with Gasteiger partial charge in [-0.25, -0.2) is 0 Å². The molecule has 1 amide bonds. The molecule has 0 radical (unpaired) electrons. The Morgan fingerprint density at radius 1 is 0.875 bits per heavy atom. The molecule has 5 heteroatoms. The lowest BCUT2D eigenvalue weighted by Crippen LogP contribution is -2.10. The van der Waals surface area contributed by atoms with Crippen molar-refractivity contribution in [3.63, 3.8) is 0 Å². The van der Waals surface area contributed by atoms with E-state index < -0.39 is 0 Å². The highest BCUT2D eigenvalue weighted by Gasteiger charge is 1.99. The summed E-state index contributed by atoms with van der Waals surface area (Å²) in [6.07, 6.45) is 0. The van der Waals surface area contributed by atoms with Crippen molar-refractivity contribution in [2.45, 2.75) is 0 Å². The molecule has 0 saturated heterocycles. The normalized spacial score (nSPS) is 8.25. The van der Waals surface area contributed by atoms with E-state index in [1.807, 2.05) is 30.3 Å². The Morgan fingerprint density at radius 2 is 1.44 bits per heavy atom. The predicted molar refractivity (Wildman–Crippen MR) is 74.2 cm³/mol. The standard InChI is InChI=1S/C11H9NO.3ClH/c12-11(13)10-6-5-8-3-1-2-4-9(8)7-10;;;/h1-7H,(H2,12,13);3*1H. The summed E-state index contributed by atoms with van der Waals surface area (Å²) in [6.45, 7) is 0.